The Morgan fingerprint density at radius 3 is 3.27 bits per heavy atom. The first-order valence-electron chi connectivity index (χ1n) is 7.77. The van der Waals surface area contributed by atoms with Crippen LogP contribution in [0.15, 0.2) is 28.1 Å². The summed E-state index contributed by atoms with van der Waals surface area (Å²) >= 11 is 1.57. The van der Waals surface area contributed by atoms with Crippen LogP contribution >= 0.6 is 11.3 Å². The lowest BCUT2D eigenvalue weighted by Crippen LogP contribution is -2.40. The van der Waals surface area contributed by atoms with E-state index < -0.39 is 0 Å². The van der Waals surface area contributed by atoms with Gasteiger partial charge in [0.05, 0.1) is 4.88 Å². The number of carbonyl (C=O) groups is 1. The number of likely N-dealkylation sites (tertiary alicyclic amines) is 1. The number of hydrogen-bond donors (Lipinski definition) is 1. The number of rotatable bonds is 5. The largest absolute Gasteiger partial charge is 0.355 e. The van der Waals surface area contributed by atoms with Gasteiger partial charge in [0, 0.05) is 19.2 Å². The van der Waals surface area contributed by atoms with Gasteiger partial charge in [-0.1, -0.05) is 18.1 Å². The highest BCUT2D eigenvalue weighted by Crippen LogP contribution is 2.25. The molecule has 118 valence electrons. The van der Waals surface area contributed by atoms with Crippen molar-refractivity contribution in [3.63, 3.8) is 0 Å². The zero-order valence-corrected chi connectivity index (χ0v) is 13.6. The lowest BCUT2D eigenvalue weighted by molar-refractivity contribution is 0.0925. The second-order valence-electron chi connectivity index (χ2n) is 5.67. The fourth-order valence-corrected chi connectivity index (χ4v) is 3.52. The molecule has 1 N–H and O–H groups in total. The van der Waals surface area contributed by atoms with Gasteiger partial charge in [0.1, 0.15) is 0 Å². The normalized spacial score (nSPS) is 19.2. The molecule has 0 spiro atoms. The van der Waals surface area contributed by atoms with Crippen molar-refractivity contribution < 1.29 is 9.32 Å². The highest BCUT2D eigenvalue weighted by molar-refractivity contribution is 7.13. The molecule has 0 radical (unpaired) electrons. The van der Waals surface area contributed by atoms with Crippen molar-refractivity contribution in [2.45, 2.75) is 19.8 Å². The Balaban J connectivity index is 1.54. The summed E-state index contributed by atoms with van der Waals surface area (Å²) in [5.41, 5.74) is 0.353. The monoisotopic (exact) mass is 319 g/mol. The summed E-state index contributed by atoms with van der Waals surface area (Å²) in [6.45, 7) is 6.21. The van der Waals surface area contributed by atoms with Crippen molar-refractivity contribution in [2.75, 3.05) is 26.2 Å². The third-order valence-electron chi connectivity index (χ3n) is 4.11. The molecule has 0 aromatic carbocycles. The highest BCUT2D eigenvalue weighted by Gasteiger charge is 2.20. The third-order valence-corrected chi connectivity index (χ3v) is 4.99. The molecule has 6 heteroatoms. The number of piperidine rings is 1. The van der Waals surface area contributed by atoms with Crippen LogP contribution in [0.4, 0.5) is 0 Å². The second-order valence-corrected chi connectivity index (χ2v) is 6.61. The molecule has 5 nitrogen and oxygen atoms in total. The molecule has 3 heterocycles. The molecule has 3 rings (SSSR count). The third kappa shape index (κ3) is 3.56. The van der Waals surface area contributed by atoms with E-state index in [-0.39, 0.29) is 5.91 Å². The lowest BCUT2D eigenvalue weighted by Gasteiger charge is -2.31. The van der Waals surface area contributed by atoms with E-state index in [0.717, 1.165) is 18.0 Å². The van der Waals surface area contributed by atoms with Gasteiger partial charge < -0.3 is 14.7 Å². The topological polar surface area (TPSA) is 58.4 Å². The van der Waals surface area contributed by atoms with Gasteiger partial charge >= 0.3 is 0 Å². The van der Waals surface area contributed by atoms with E-state index in [1.165, 1.54) is 19.4 Å². The van der Waals surface area contributed by atoms with Crippen LogP contribution in [-0.2, 0) is 0 Å². The number of aromatic nitrogens is 1. The molecular weight excluding hydrogens is 298 g/mol. The van der Waals surface area contributed by atoms with Gasteiger partial charge in [-0.3, -0.25) is 4.79 Å². The number of carbonyl (C=O) groups excluding carboxylic acids is 1. The fourth-order valence-electron chi connectivity index (χ4n) is 2.85. The van der Waals surface area contributed by atoms with Gasteiger partial charge in [0.25, 0.3) is 5.91 Å². The van der Waals surface area contributed by atoms with Crippen LogP contribution in [-0.4, -0.2) is 42.1 Å². The fraction of sp³-hybridized carbons (Fsp3) is 0.500. The predicted molar refractivity (Wildman–Crippen MR) is 87.0 cm³/mol. The summed E-state index contributed by atoms with van der Waals surface area (Å²) in [6.07, 6.45) is 2.39. The van der Waals surface area contributed by atoms with E-state index in [4.69, 9.17) is 4.52 Å². The first-order chi connectivity index (χ1) is 10.8. The average Bonchev–Trinajstić information content (AvgIpc) is 3.23. The lowest BCUT2D eigenvalue weighted by atomic mass is 9.98. The van der Waals surface area contributed by atoms with E-state index in [2.05, 4.69) is 22.3 Å². The van der Waals surface area contributed by atoms with Crippen LogP contribution in [0.1, 0.15) is 30.3 Å². The molecule has 1 aliphatic heterocycles. The van der Waals surface area contributed by atoms with Crippen molar-refractivity contribution >= 4 is 17.2 Å². The van der Waals surface area contributed by atoms with Crippen molar-refractivity contribution in [1.29, 1.82) is 0 Å². The van der Waals surface area contributed by atoms with Crippen LogP contribution in [0.2, 0.25) is 0 Å². The summed E-state index contributed by atoms with van der Waals surface area (Å²) in [4.78, 5) is 15.6. The maximum Gasteiger partial charge on any atom is 0.273 e. The maximum atomic E-state index is 12.2. The number of amides is 1. The Morgan fingerprint density at radius 2 is 2.50 bits per heavy atom. The maximum absolute atomic E-state index is 12.2. The number of hydrogen-bond acceptors (Lipinski definition) is 5. The Bertz CT molecular complexity index is 609. The first-order valence-corrected chi connectivity index (χ1v) is 8.65. The van der Waals surface area contributed by atoms with Crippen LogP contribution < -0.4 is 5.32 Å². The van der Waals surface area contributed by atoms with Crippen LogP contribution in [0.25, 0.3) is 10.6 Å². The van der Waals surface area contributed by atoms with E-state index in [0.29, 0.717) is 23.9 Å². The van der Waals surface area contributed by atoms with Crippen LogP contribution in [0.3, 0.4) is 0 Å². The Hall–Kier alpha value is -1.66. The summed E-state index contributed by atoms with van der Waals surface area (Å²) < 4.78 is 5.25. The summed E-state index contributed by atoms with van der Waals surface area (Å²) in [6, 6.07) is 5.61. The summed E-state index contributed by atoms with van der Waals surface area (Å²) in [5.74, 6) is 1.02. The van der Waals surface area contributed by atoms with Gasteiger partial charge in [-0.15, -0.1) is 11.3 Å². The van der Waals surface area contributed by atoms with Crippen molar-refractivity contribution in [3.8, 4) is 10.6 Å². The molecule has 1 saturated heterocycles. The zero-order valence-electron chi connectivity index (χ0n) is 12.7. The van der Waals surface area contributed by atoms with E-state index in [1.54, 1.807) is 17.4 Å². The Labute approximate surface area is 134 Å². The smallest absolute Gasteiger partial charge is 0.273 e. The minimum atomic E-state index is -0.153. The van der Waals surface area contributed by atoms with Gasteiger partial charge in [0.15, 0.2) is 11.5 Å². The highest BCUT2D eigenvalue weighted by atomic mass is 32.1. The van der Waals surface area contributed by atoms with Gasteiger partial charge in [-0.2, -0.15) is 0 Å². The zero-order chi connectivity index (χ0) is 15.4. The Kier molecular flexibility index (Phi) is 4.90. The van der Waals surface area contributed by atoms with Crippen LogP contribution in [0, 0.1) is 5.92 Å². The number of nitrogens with one attached hydrogen (secondary N) is 1. The van der Waals surface area contributed by atoms with Crippen molar-refractivity contribution in [2.24, 2.45) is 5.92 Å². The number of nitrogens with zero attached hydrogens (tertiary/aromatic N) is 2. The van der Waals surface area contributed by atoms with E-state index in [1.807, 2.05) is 17.5 Å². The molecule has 0 bridgehead atoms. The minimum Gasteiger partial charge on any atom is -0.355 e. The molecule has 2 aromatic heterocycles. The standard InChI is InChI=1S/C16H21N3O2S/c1-2-19-7-3-5-12(11-19)10-17-16(20)13-9-14(21-18-13)15-6-4-8-22-15/h4,6,8-9,12H,2-3,5,7,10-11H2,1H3,(H,17,20)/t12-/m1/s1. The summed E-state index contributed by atoms with van der Waals surface area (Å²) in [7, 11) is 0. The molecule has 1 fully saturated rings. The van der Waals surface area contributed by atoms with Gasteiger partial charge in [-0.25, -0.2) is 0 Å². The minimum absolute atomic E-state index is 0.153. The van der Waals surface area contributed by atoms with E-state index in [9.17, 15) is 4.79 Å². The van der Waals surface area contributed by atoms with Gasteiger partial charge in [0.2, 0.25) is 0 Å². The molecule has 0 aliphatic carbocycles. The van der Waals surface area contributed by atoms with Gasteiger partial charge in [-0.05, 0) is 43.3 Å². The average molecular weight is 319 g/mol. The molecule has 0 unspecified atom stereocenters. The first kappa shape index (κ1) is 15.2. The molecule has 2 aromatic rings. The molecule has 22 heavy (non-hydrogen) atoms. The molecule has 1 amide bonds. The molecule has 1 atom stereocenters. The molecule has 0 saturated carbocycles. The second kappa shape index (κ2) is 7.07. The number of thiophene rings is 1. The predicted octanol–water partition coefficient (Wildman–Crippen LogP) is 2.86. The molecular formula is C16H21N3O2S. The van der Waals surface area contributed by atoms with Crippen molar-refractivity contribution in [3.05, 3.63) is 29.3 Å². The van der Waals surface area contributed by atoms with Crippen molar-refractivity contribution in [1.82, 2.24) is 15.4 Å². The van der Waals surface area contributed by atoms with Crippen LogP contribution in [0.5, 0.6) is 0 Å². The van der Waals surface area contributed by atoms with E-state index >= 15 is 0 Å². The quantitative estimate of drug-likeness (QED) is 0.920. The SMILES string of the molecule is CCN1CCC[C@H](CNC(=O)c2cc(-c3cccs3)on2)C1. The Morgan fingerprint density at radius 1 is 1.59 bits per heavy atom. The molecule has 1 aliphatic rings. The summed E-state index contributed by atoms with van der Waals surface area (Å²) in [5, 5.41) is 8.84.